The third kappa shape index (κ3) is 3.04. The Morgan fingerprint density at radius 3 is 2.61 bits per heavy atom. The molecule has 1 rings (SSSR count). The van der Waals surface area contributed by atoms with Crippen molar-refractivity contribution in [2.24, 2.45) is 0 Å². The second kappa shape index (κ2) is 4.84. The number of hydrogen-bond acceptors (Lipinski definition) is 4. The van der Waals surface area contributed by atoms with Gasteiger partial charge in [-0.25, -0.2) is 0 Å². The van der Waals surface area contributed by atoms with Crippen molar-refractivity contribution in [2.75, 3.05) is 0 Å². The minimum absolute atomic E-state index is 0.152. The molecule has 0 fully saturated rings. The quantitative estimate of drug-likeness (QED) is 0.652. The van der Waals surface area contributed by atoms with Crippen LogP contribution in [0, 0.1) is 28.4 Å². The number of non-ortho nitro benzene ring substituents is 1. The summed E-state index contributed by atoms with van der Waals surface area (Å²) in [7, 11) is 0. The number of aryl methyl sites for hydroxylation is 1. The summed E-state index contributed by atoms with van der Waals surface area (Å²) in [5, 5.41) is 22.0. The van der Waals surface area contributed by atoms with Crippen LogP contribution in [-0.4, -0.2) is 16.4 Å². The maximum atomic E-state index is 11.9. The van der Waals surface area contributed by atoms with E-state index in [0.29, 0.717) is 5.56 Å². The lowest BCUT2D eigenvalue weighted by Crippen LogP contribution is -2.42. The molecule has 6 nitrogen and oxygen atoms in total. The second-order valence-electron chi connectivity index (χ2n) is 4.45. The zero-order valence-corrected chi connectivity index (χ0v) is 10.4. The van der Waals surface area contributed by atoms with Crippen molar-refractivity contribution >= 4 is 11.6 Å². The lowest BCUT2D eigenvalue weighted by Gasteiger charge is -2.18. The maximum Gasteiger partial charge on any atom is 0.270 e. The van der Waals surface area contributed by atoms with E-state index in [1.807, 2.05) is 6.07 Å². The first-order chi connectivity index (χ1) is 8.26. The average molecular weight is 247 g/mol. The first-order valence-electron chi connectivity index (χ1n) is 5.25. The number of nitrogens with zero attached hydrogens (tertiary/aromatic N) is 2. The van der Waals surface area contributed by atoms with Crippen LogP contribution in [0.2, 0.25) is 0 Å². The first kappa shape index (κ1) is 13.6. The number of nitro groups is 1. The molecule has 0 unspecified atom stereocenters. The highest BCUT2D eigenvalue weighted by atomic mass is 16.6. The largest absolute Gasteiger partial charge is 0.334 e. The summed E-state index contributed by atoms with van der Waals surface area (Å²) in [5.74, 6) is -0.497. The number of carbonyl (C=O) groups is 1. The van der Waals surface area contributed by atoms with Gasteiger partial charge in [-0.3, -0.25) is 14.9 Å². The fourth-order valence-electron chi connectivity index (χ4n) is 1.35. The van der Waals surface area contributed by atoms with Gasteiger partial charge in [-0.15, -0.1) is 0 Å². The minimum atomic E-state index is -1.02. The van der Waals surface area contributed by atoms with Gasteiger partial charge in [0.15, 0.2) is 0 Å². The van der Waals surface area contributed by atoms with Crippen LogP contribution in [0.4, 0.5) is 5.69 Å². The molecule has 0 aromatic heterocycles. The Labute approximate surface area is 104 Å². The van der Waals surface area contributed by atoms with E-state index in [0.717, 1.165) is 0 Å². The summed E-state index contributed by atoms with van der Waals surface area (Å²) in [4.78, 5) is 22.0. The number of hydrogen-bond donors (Lipinski definition) is 1. The monoisotopic (exact) mass is 247 g/mol. The Bertz CT molecular complexity index is 544. The standard InChI is InChI=1S/C12H13N3O3/c1-8-4-5-9(15(17)18)6-10(8)11(16)14-12(2,3)7-13/h4-6H,1-3H3,(H,14,16). The molecule has 0 radical (unpaired) electrons. The molecule has 0 bridgehead atoms. The molecule has 1 aromatic carbocycles. The Balaban J connectivity index is 3.10. The highest BCUT2D eigenvalue weighted by Crippen LogP contribution is 2.18. The molecule has 0 saturated carbocycles. The Morgan fingerprint density at radius 2 is 2.11 bits per heavy atom. The molecule has 1 N–H and O–H groups in total. The molecule has 6 heteroatoms. The summed E-state index contributed by atoms with van der Waals surface area (Å²) < 4.78 is 0. The smallest absolute Gasteiger partial charge is 0.270 e. The number of carbonyl (C=O) groups excluding carboxylic acids is 1. The normalized spacial score (nSPS) is 10.6. The van der Waals surface area contributed by atoms with Crippen LogP contribution >= 0.6 is 0 Å². The number of nitriles is 1. The molecule has 0 heterocycles. The van der Waals surface area contributed by atoms with Crippen LogP contribution in [-0.2, 0) is 0 Å². The Hall–Kier alpha value is -2.42. The van der Waals surface area contributed by atoms with E-state index >= 15 is 0 Å². The van der Waals surface area contributed by atoms with Gasteiger partial charge in [-0.05, 0) is 26.3 Å². The molecule has 0 aliphatic heterocycles. The van der Waals surface area contributed by atoms with Crippen molar-refractivity contribution in [1.82, 2.24) is 5.32 Å². The van der Waals surface area contributed by atoms with Gasteiger partial charge in [0, 0.05) is 17.7 Å². The zero-order valence-electron chi connectivity index (χ0n) is 10.4. The summed E-state index contributed by atoms with van der Waals surface area (Å²) >= 11 is 0. The minimum Gasteiger partial charge on any atom is -0.334 e. The predicted octanol–water partition coefficient (Wildman–Crippen LogP) is 1.94. The van der Waals surface area contributed by atoms with Crippen molar-refractivity contribution in [1.29, 1.82) is 5.26 Å². The molecule has 1 aromatic rings. The van der Waals surface area contributed by atoms with Crippen molar-refractivity contribution in [3.63, 3.8) is 0 Å². The summed E-state index contributed by atoms with van der Waals surface area (Å²) in [6.07, 6.45) is 0. The van der Waals surface area contributed by atoms with Crippen LogP contribution in [0.25, 0.3) is 0 Å². The molecular formula is C12H13N3O3. The van der Waals surface area contributed by atoms with E-state index in [-0.39, 0.29) is 11.3 Å². The van der Waals surface area contributed by atoms with E-state index in [2.05, 4.69) is 5.32 Å². The Morgan fingerprint density at radius 1 is 1.50 bits per heavy atom. The lowest BCUT2D eigenvalue weighted by molar-refractivity contribution is -0.384. The maximum absolute atomic E-state index is 11.9. The SMILES string of the molecule is Cc1ccc([N+](=O)[O-])cc1C(=O)NC(C)(C)C#N. The van der Waals surface area contributed by atoms with Crippen LogP contribution < -0.4 is 5.32 Å². The highest BCUT2D eigenvalue weighted by Gasteiger charge is 2.22. The third-order valence-corrected chi connectivity index (χ3v) is 2.38. The molecule has 0 atom stereocenters. The van der Waals surface area contributed by atoms with Crippen LogP contribution in [0.1, 0.15) is 29.8 Å². The fourth-order valence-corrected chi connectivity index (χ4v) is 1.35. The van der Waals surface area contributed by atoms with Crippen LogP contribution in [0.3, 0.4) is 0 Å². The first-order valence-corrected chi connectivity index (χ1v) is 5.25. The van der Waals surface area contributed by atoms with E-state index in [1.165, 1.54) is 18.2 Å². The van der Waals surface area contributed by atoms with Gasteiger partial charge in [-0.2, -0.15) is 5.26 Å². The topological polar surface area (TPSA) is 96.0 Å². The number of amides is 1. The van der Waals surface area contributed by atoms with Crippen molar-refractivity contribution in [3.8, 4) is 6.07 Å². The van der Waals surface area contributed by atoms with Gasteiger partial charge >= 0.3 is 0 Å². The Kier molecular flexibility index (Phi) is 3.67. The number of nitro benzene ring substituents is 1. The molecular weight excluding hydrogens is 234 g/mol. The lowest BCUT2D eigenvalue weighted by atomic mass is 10.0. The van der Waals surface area contributed by atoms with E-state index in [4.69, 9.17) is 5.26 Å². The molecule has 0 saturated heterocycles. The van der Waals surface area contributed by atoms with Gasteiger partial charge in [0.1, 0.15) is 5.54 Å². The van der Waals surface area contributed by atoms with Gasteiger partial charge in [0.25, 0.3) is 11.6 Å². The van der Waals surface area contributed by atoms with Crippen molar-refractivity contribution in [2.45, 2.75) is 26.3 Å². The van der Waals surface area contributed by atoms with Gasteiger partial charge in [0.2, 0.25) is 0 Å². The predicted molar refractivity (Wildman–Crippen MR) is 65.0 cm³/mol. The van der Waals surface area contributed by atoms with E-state index in [9.17, 15) is 14.9 Å². The van der Waals surface area contributed by atoms with Gasteiger partial charge < -0.3 is 5.32 Å². The zero-order chi connectivity index (χ0) is 13.9. The van der Waals surface area contributed by atoms with Crippen LogP contribution in [0.5, 0.6) is 0 Å². The molecule has 0 spiro atoms. The third-order valence-electron chi connectivity index (χ3n) is 2.38. The number of benzene rings is 1. The summed E-state index contributed by atoms with van der Waals surface area (Å²) in [6.45, 7) is 4.78. The number of rotatable bonds is 3. The molecule has 18 heavy (non-hydrogen) atoms. The molecule has 0 aliphatic carbocycles. The van der Waals surface area contributed by atoms with Crippen molar-refractivity contribution < 1.29 is 9.72 Å². The summed E-state index contributed by atoms with van der Waals surface area (Å²) in [5.41, 5.74) is -0.353. The second-order valence-corrected chi connectivity index (χ2v) is 4.45. The molecule has 1 amide bonds. The van der Waals surface area contributed by atoms with E-state index in [1.54, 1.807) is 20.8 Å². The van der Waals surface area contributed by atoms with Gasteiger partial charge in [0.05, 0.1) is 11.0 Å². The highest BCUT2D eigenvalue weighted by molar-refractivity contribution is 5.96. The van der Waals surface area contributed by atoms with Crippen LogP contribution in [0.15, 0.2) is 18.2 Å². The molecule has 0 aliphatic rings. The molecule has 94 valence electrons. The van der Waals surface area contributed by atoms with Gasteiger partial charge in [-0.1, -0.05) is 6.07 Å². The fraction of sp³-hybridized carbons (Fsp3) is 0.333. The summed E-state index contributed by atoms with van der Waals surface area (Å²) in [6, 6.07) is 5.98. The average Bonchev–Trinajstić information content (AvgIpc) is 2.28. The number of nitrogens with one attached hydrogen (secondary N) is 1. The van der Waals surface area contributed by atoms with E-state index < -0.39 is 16.4 Å². The van der Waals surface area contributed by atoms with Crippen molar-refractivity contribution in [3.05, 3.63) is 39.4 Å².